The fourth-order valence-corrected chi connectivity index (χ4v) is 1.69. The Balaban J connectivity index is 2.65. The van der Waals surface area contributed by atoms with Gasteiger partial charge in [-0.1, -0.05) is 6.07 Å². The van der Waals surface area contributed by atoms with Crippen LogP contribution < -0.4 is 4.74 Å². The first-order chi connectivity index (χ1) is 6.20. The Morgan fingerprint density at radius 3 is 3.00 bits per heavy atom. The van der Waals surface area contributed by atoms with Gasteiger partial charge in [-0.3, -0.25) is 0 Å². The van der Waals surface area contributed by atoms with E-state index in [0.29, 0.717) is 18.6 Å². The third-order valence-corrected chi connectivity index (χ3v) is 2.30. The van der Waals surface area contributed by atoms with Gasteiger partial charge in [0.2, 0.25) is 0 Å². The van der Waals surface area contributed by atoms with Gasteiger partial charge in [-0.2, -0.15) is 0 Å². The van der Waals surface area contributed by atoms with Crippen molar-refractivity contribution in [2.75, 3.05) is 6.61 Å². The van der Waals surface area contributed by atoms with Crippen LogP contribution >= 0.6 is 0 Å². The van der Waals surface area contributed by atoms with Crippen LogP contribution in [0.15, 0.2) is 12.1 Å². The summed E-state index contributed by atoms with van der Waals surface area (Å²) in [6.07, 6.45) is 0.707. The number of carboxylic acid groups (broad SMARTS) is 1. The van der Waals surface area contributed by atoms with Gasteiger partial charge >= 0.3 is 5.97 Å². The second kappa shape index (κ2) is 2.76. The molecule has 0 aromatic heterocycles. The number of hydrogen-bond donors (Lipinski definition) is 1. The maximum absolute atomic E-state index is 10.9. The summed E-state index contributed by atoms with van der Waals surface area (Å²) in [7, 11) is 0. The first-order valence-corrected chi connectivity index (χ1v) is 4.18. The van der Waals surface area contributed by atoms with Gasteiger partial charge < -0.3 is 9.84 Å². The van der Waals surface area contributed by atoms with Gasteiger partial charge in [0, 0.05) is 12.0 Å². The summed E-state index contributed by atoms with van der Waals surface area (Å²) in [6, 6.07) is 3.62. The molecule has 0 unspecified atom stereocenters. The zero-order valence-corrected chi connectivity index (χ0v) is 7.33. The number of fused-ring (bicyclic) bond motifs is 1. The molecule has 0 saturated heterocycles. The quantitative estimate of drug-likeness (QED) is 0.710. The van der Waals surface area contributed by atoms with Crippen molar-refractivity contribution in [2.24, 2.45) is 0 Å². The first kappa shape index (κ1) is 8.10. The highest BCUT2D eigenvalue weighted by Gasteiger charge is 2.21. The summed E-state index contributed by atoms with van der Waals surface area (Å²) in [5.74, 6) is -0.136. The summed E-state index contributed by atoms with van der Waals surface area (Å²) in [5, 5.41) is 8.97. The van der Waals surface area contributed by atoms with Gasteiger partial charge in [-0.05, 0) is 18.6 Å². The van der Waals surface area contributed by atoms with Crippen LogP contribution in [0.2, 0.25) is 0 Å². The lowest BCUT2D eigenvalue weighted by molar-refractivity contribution is 0.0695. The summed E-state index contributed by atoms with van der Waals surface area (Å²) < 4.78 is 5.28. The average Bonchev–Trinajstić information content (AvgIpc) is 2.50. The van der Waals surface area contributed by atoms with E-state index in [0.717, 1.165) is 16.9 Å². The average molecular weight is 178 g/mol. The molecular formula is C10H10O3. The maximum atomic E-state index is 10.9. The molecule has 0 radical (unpaired) electrons. The zero-order valence-electron chi connectivity index (χ0n) is 7.33. The molecule has 1 heterocycles. The standard InChI is InChI=1S/C10H10O3/c1-6-2-3-8-7(4-5-13-8)9(6)10(11)12/h2-3H,4-5H2,1H3,(H,11,12). The fraction of sp³-hybridized carbons (Fsp3) is 0.300. The van der Waals surface area contributed by atoms with Crippen LogP contribution in [0.1, 0.15) is 21.5 Å². The number of rotatable bonds is 1. The molecule has 13 heavy (non-hydrogen) atoms. The van der Waals surface area contributed by atoms with Crippen molar-refractivity contribution < 1.29 is 14.6 Å². The van der Waals surface area contributed by atoms with E-state index in [9.17, 15) is 4.79 Å². The van der Waals surface area contributed by atoms with Crippen LogP contribution in [0.3, 0.4) is 0 Å². The fourth-order valence-electron chi connectivity index (χ4n) is 1.69. The Morgan fingerprint density at radius 1 is 1.54 bits per heavy atom. The summed E-state index contributed by atoms with van der Waals surface area (Å²) in [4.78, 5) is 10.9. The molecule has 1 aromatic carbocycles. The number of carboxylic acids is 1. The molecule has 1 aliphatic rings. The number of ether oxygens (including phenoxy) is 1. The minimum absolute atomic E-state index is 0.412. The van der Waals surface area contributed by atoms with Crippen molar-refractivity contribution in [3.63, 3.8) is 0 Å². The molecule has 1 aromatic rings. The molecule has 1 aliphatic heterocycles. The smallest absolute Gasteiger partial charge is 0.336 e. The molecule has 3 heteroatoms. The molecule has 0 aliphatic carbocycles. The van der Waals surface area contributed by atoms with Crippen molar-refractivity contribution in [3.8, 4) is 5.75 Å². The van der Waals surface area contributed by atoms with Crippen LogP contribution in [0.4, 0.5) is 0 Å². The van der Waals surface area contributed by atoms with Crippen LogP contribution in [-0.2, 0) is 6.42 Å². The molecule has 0 spiro atoms. The Morgan fingerprint density at radius 2 is 2.31 bits per heavy atom. The highest BCUT2D eigenvalue weighted by molar-refractivity contribution is 5.92. The molecule has 0 fully saturated rings. The second-order valence-electron chi connectivity index (χ2n) is 3.14. The normalized spacial score (nSPS) is 13.6. The van der Waals surface area contributed by atoms with E-state index in [1.54, 1.807) is 6.07 Å². The molecule has 68 valence electrons. The lowest BCUT2D eigenvalue weighted by atomic mass is 10.0. The lowest BCUT2D eigenvalue weighted by Crippen LogP contribution is -2.03. The number of carbonyl (C=O) groups is 1. The van der Waals surface area contributed by atoms with Crippen molar-refractivity contribution in [1.82, 2.24) is 0 Å². The zero-order chi connectivity index (χ0) is 9.42. The predicted molar refractivity (Wildman–Crippen MR) is 47.3 cm³/mol. The van der Waals surface area contributed by atoms with Gasteiger partial charge in [0.25, 0.3) is 0 Å². The van der Waals surface area contributed by atoms with E-state index in [1.807, 2.05) is 13.0 Å². The molecule has 2 rings (SSSR count). The largest absolute Gasteiger partial charge is 0.493 e. The number of hydrogen-bond acceptors (Lipinski definition) is 2. The maximum Gasteiger partial charge on any atom is 0.336 e. The van der Waals surface area contributed by atoms with E-state index in [1.165, 1.54) is 0 Å². The van der Waals surface area contributed by atoms with E-state index in [4.69, 9.17) is 9.84 Å². The highest BCUT2D eigenvalue weighted by atomic mass is 16.5. The Bertz CT molecular complexity index is 369. The number of aryl methyl sites for hydroxylation is 1. The third kappa shape index (κ3) is 1.16. The van der Waals surface area contributed by atoms with E-state index in [-0.39, 0.29) is 0 Å². The number of benzene rings is 1. The molecule has 3 nitrogen and oxygen atoms in total. The minimum Gasteiger partial charge on any atom is -0.493 e. The molecule has 0 atom stereocenters. The highest BCUT2D eigenvalue weighted by Crippen LogP contribution is 2.30. The summed E-state index contributed by atoms with van der Waals surface area (Å²) in [5.41, 5.74) is 2.05. The topological polar surface area (TPSA) is 46.5 Å². The Hall–Kier alpha value is -1.51. The lowest BCUT2D eigenvalue weighted by Gasteiger charge is -2.05. The van der Waals surface area contributed by atoms with Gasteiger partial charge in [0.15, 0.2) is 0 Å². The summed E-state index contributed by atoms with van der Waals surface area (Å²) >= 11 is 0. The molecular weight excluding hydrogens is 168 g/mol. The van der Waals surface area contributed by atoms with Crippen LogP contribution in [0, 0.1) is 6.92 Å². The van der Waals surface area contributed by atoms with E-state index < -0.39 is 5.97 Å². The van der Waals surface area contributed by atoms with Gasteiger partial charge in [0.05, 0.1) is 12.2 Å². The SMILES string of the molecule is Cc1ccc2c(c1C(=O)O)CCO2. The van der Waals surface area contributed by atoms with E-state index >= 15 is 0 Å². The first-order valence-electron chi connectivity index (χ1n) is 4.18. The minimum atomic E-state index is -0.861. The molecule has 0 amide bonds. The van der Waals surface area contributed by atoms with Crippen molar-refractivity contribution in [2.45, 2.75) is 13.3 Å². The molecule has 0 bridgehead atoms. The third-order valence-electron chi connectivity index (χ3n) is 2.30. The Labute approximate surface area is 76.0 Å². The monoisotopic (exact) mass is 178 g/mol. The van der Waals surface area contributed by atoms with E-state index in [2.05, 4.69) is 0 Å². The molecule has 0 saturated carbocycles. The van der Waals surface area contributed by atoms with Crippen molar-refractivity contribution in [1.29, 1.82) is 0 Å². The molecule has 1 N–H and O–H groups in total. The van der Waals surface area contributed by atoms with Crippen LogP contribution in [-0.4, -0.2) is 17.7 Å². The number of aromatic carboxylic acids is 1. The van der Waals surface area contributed by atoms with Gasteiger partial charge in [-0.15, -0.1) is 0 Å². The van der Waals surface area contributed by atoms with Crippen LogP contribution in [0.5, 0.6) is 5.75 Å². The van der Waals surface area contributed by atoms with Crippen molar-refractivity contribution in [3.05, 3.63) is 28.8 Å². The van der Waals surface area contributed by atoms with Crippen molar-refractivity contribution >= 4 is 5.97 Å². The predicted octanol–water partition coefficient (Wildman–Crippen LogP) is 1.63. The van der Waals surface area contributed by atoms with Crippen LogP contribution in [0.25, 0.3) is 0 Å². The summed E-state index contributed by atoms with van der Waals surface area (Å²) in [6.45, 7) is 2.40. The Kier molecular flexibility index (Phi) is 1.72. The second-order valence-corrected chi connectivity index (χ2v) is 3.14. The van der Waals surface area contributed by atoms with Gasteiger partial charge in [-0.25, -0.2) is 4.79 Å². The van der Waals surface area contributed by atoms with Gasteiger partial charge in [0.1, 0.15) is 5.75 Å².